The van der Waals surface area contributed by atoms with Crippen LogP contribution >= 0.6 is 23.8 Å². The van der Waals surface area contributed by atoms with Crippen LogP contribution in [0.25, 0.3) is 0 Å². The molecule has 0 atom stereocenters. The van der Waals surface area contributed by atoms with Crippen molar-refractivity contribution in [2.45, 2.75) is 20.4 Å². The standard InChI is InChI=1S/C20H21ClN4OS/c1-13-19(23-20(27)22-17-5-4-6-18(11-17)26-3)14(2)25(24-13)12-15-7-9-16(21)10-8-15/h4-11H,12H2,1-3H3,(H2,22,23,27). The Balaban J connectivity index is 1.72. The number of aromatic nitrogens is 2. The molecule has 0 aliphatic heterocycles. The van der Waals surface area contributed by atoms with Crippen LogP contribution in [0, 0.1) is 13.8 Å². The first-order valence-corrected chi connectivity index (χ1v) is 9.25. The van der Waals surface area contributed by atoms with Crippen LogP contribution in [0.4, 0.5) is 11.4 Å². The summed E-state index contributed by atoms with van der Waals surface area (Å²) in [6.45, 7) is 4.65. The highest BCUT2D eigenvalue weighted by Crippen LogP contribution is 2.22. The van der Waals surface area contributed by atoms with E-state index >= 15 is 0 Å². The molecule has 0 unspecified atom stereocenters. The fraction of sp³-hybridized carbons (Fsp3) is 0.200. The molecule has 0 radical (unpaired) electrons. The van der Waals surface area contributed by atoms with Gasteiger partial charge in [-0.05, 0) is 55.9 Å². The molecular weight excluding hydrogens is 380 g/mol. The Morgan fingerprint density at radius 1 is 1.15 bits per heavy atom. The van der Waals surface area contributed by atoms with E-state index in [0.717, 1.165) is 39.1 Å². The van der Waals surface area contributed by atoms with Gasteiger partial charge >= 0.3 is 0 Å². The predicted octanol–water partition coefficient (Wildman–Crippen LogP) is 5.02. The Labute approximate surface area is 169 Å². The number of methoxy groups -OCH3 is 1. The normalized spacial score (nSPS) is 10.5. The van der Waals surface area contributed by atoms with Crippen molar-refractivity contribution in [3.8, 4) is 5.75 Å². The topological polar surface area (TPSA) is 51.1 Å². The second-order valence-corrected chi connectivity index (χ2v) is 6.99. The number of halogens is 1. The molecule has 0 amide bonds. The zero-order valence-electron chi connectivity index (χ0n) is 15.4. The molecule has 5 nitrogen and oxygen atoms in total. The van der Waals surface area contributed by atoms with E-state index in [-0.39, 0.29) is 0 Å². The van der Waals surface area contributed by atoms with E-state index in [2.05, 4.69) is 15.7 Å². The average Bonchev–Trinajstić information content (AvgIpc) is 2.91. The maximum Gasteiger partial charge on any atom is 0.175 e. The summed E-state index contributed by atoms with van der Waals surface area (Å²) in [7, 11) is 1.64. The summed E-state index contributed by atoms with van der Waals surface area (Å²) in [5.41, 5.74) is 4.79. The molecule has 140 valence electrons. The van der Waals surface area contributed by atoms with Gasteiger partial charge in [0, 0.05) is 16.8 Å². The van der Waals surface area contributed by atoms with Crippen LogP contribution in [0.1, 0.15) is 17.0 Å². The van der Waals surface area contributed by atoms with Crippen molar-refractivity contribution in [3.05, 3.63) is 70.5 Å². The summed E-state index contributed by atoms with van der Waals surface area (Å²) in [5, 5.41) is 12.3. The molecule has 0 bridgehead atoms. The highest BCUT2D eigenvalue weighted by molar-refractivity contribution is 7.80. The second-order valence-electron chi connectivity index (χ2n) is 6.14. The predicted molar refractivity (Wildman–Crippen MR) is 115 cm³/mol. The molecule has 3 rings (SSSR count). The number of rotatable bonds is 5. The van der Waals surface area contributed by atoms with Crippen molar-refractivity contribution in [1.29, 1.82) is 0 Å². The van der Waals surface area contributed by atoms with Gasteiger partial charge in [-0.1, -0.05) is 29.8 Å². The highest BCUT2D eigenvalue weighted by atomic mass is 35.5. The molecule has 1 aromatic heterocycles. The molecule has 0 aliphatic carbocycles. The van der Waals surface area contributed by atoms with Gasteiger partial charge in [-0.2, -0.15) is 5.10 Å². The number of benzene rings is 2. The van der Waals surface area contributed by atoms with Gasteiger partial charge < -0.3 is 15.4 Å². The van der Waals surface area contributed by atoms with Crippen LogP contribution in [-0.4, -0.2) is 22.0 Å². The zero-order valence-corrected chi connectivity index (χ0v) is 17.0. The van der Waals surface area contributed by atoms with Crippen molar-refractivity contribution < 1.29 is 4.74 Å². The van der Waals surface area contributed by atoms with Gasteiger partial charge in [-0.3, -0.25) is 4.68 Å². The van der Waals surface area contributed by atoms with Crippen LogP contribution in [0.5, 0.6) is 5.75 Å². The molecule has 7 heteroatoms. The van der Waals surface area contributed by atoms with E-state index in [1.165, 1.54) is 0 Å². The van der Waals surface area contributed by atoms with Crippen LogP contribution in [0.2, 0.25) is 5.02 Å². The summed E-state index contributed by atoms with van der Waals surface area (Å²) in [6, 6.07) is 15.4. The van der Waals surface area contributed by atoms with E-state index in [1.807, 2.05) is 67.1 Å². The number of ether oxygens (including phenoxy) is 1. The molecule has 0 saturated carbocycles. The van der Waals surface area contributed by atoms with Gasteiger partial charge in [0.15, 0.2) is 5.11 Å². The first-order valence-electron chi connectivity index (χ1n) is 8.47. The fourth-order valence-electron chi connectivity index (χ4n) is 2.77. The van der Waals surface area contributed by atoms with Crippen molar-refractivity contribution >= 4 is 40.3 Å². The molecule has 0 saturated heterocycles. The van der Waals surface area contributed by atoms with E-state index in [9.17, 15) is 0 Å². The maximum absolute atomic E-state index is 5.96. The van der Waals surface area contributed by atoms with Crippen molar-refractivity contribution in [1.82, 2.24) is 9.78 Å². The summed E-state index contributed by atoms with van der Waals surface area (Å²) in [5.74, 6) is 0.769. The minimum Gasteiger partial charge on any atom is -0.497 e. The summed E-state index contributed by atoms with van der Waals surface area (Å²) >= 11 is 11.4. The van der Waals surface area contributed by atoms with E-state index in [4.69, 9.17) is 28.6 Å². The molecule has 1 heterocycles. The molecule has 3 aromatic rings. The first kappa shape index (κ1) is 19.2. The van der Waals surface area contributed by atoms with E-state index < -0.39 is 0 Å². The lowest BCUT2D eigenvalue weighted by Crippen LogP contribution is -2.20. The third-order valence-corrected chi connectivity index (χ3v) is 4.65. The number of anilines is 2. The summed E-state index contributed by atoms with van der Waals surface area (Å²) in [4.78, 5) is 0. The minimum absolute atomic E-state index is 0.500. The largest absolute Gasteiger partial charge is 0.497 e. The maximum atomic E-state index is 5.96. The number of hydrogen-bond acceptors (Lipinski definition) is 3. The molecule has 27 heavy (non-hydrogen) atoms. The zero-order chi connectivity index (χ0) is 19.4. The monoisotopic (exact) mass is 400 g/mol. The van der Waals surface area contributed by atoms with Crippen LogP contribution in [-0.2, 0) is 6.54 Å². The van der Waals surface area contributed by atoms with Gasteiger partial charge in [-0.25, -0.2) is 0 Å². The lowest BCUT2D eigenvalue weighted by Gasteiger charge is -2.12. The SMILES string of the molecule is COc1cccc(NC(=S)Nc2c(C)nn(Cc3ccc(Cl)cc3)c2C)c1. The molecular formula is C20H21ClN4OS. The Bertz CT molecular complexity index is 953. The average molecular weight is 401 g/mol. The number of nitrogens with one attached hydrogen (secondary N) is 2. The number of thiocarbonyl (C=S) groups is 1. The third-order valence-electron chi connectivity index (χ3n) is 4.19. The van der Waals surface area contributed by atoms with Crippen molar-refractivity contribution in [2.24, 2.45) is 0 Å². The molecule has 0 fully saturated rings. The van der Waals surface area contributed by atoms with Crippen LogP contribution < -0.4 is 15.4 Å². The smallest absolute Gasteiger partial charge is 0.175 e. The molecule has 2 N–H and O–H groups in total. The van der Waals surface area contributed by atoms with Gasteiger partial charge in [0.25, 0.3) is 0 Å². The van der Waals surface area contributed by atoms with E-state index in [0.29, 0.717) is 11.7 Å². The van der Waals surface area contributed by atoms with Gasteiger partial charge in [0.2, 0.25) is 0 Å². The van der Waals surface area contributed by atoms with Gasteiger partial charge in [0.1, 0.15) is 5.75 Å². The lowest BCUT2D eigenvalue weighted by molar-refractivity contribution is 0.415. The third kappa shape index (κ3) is 4.78. The first-order chi connectivity index (χ1) is 13.0. The number of aryl methyl sites for hydroxylation is 1. The number of nitrogens with zero attached hydrogens (tertiary/aromatic N) is 2. The van der Waals surface area contributed by atoms with Crippen LogP contribution in [0.3, 0.4) is 0 Å². The van der Waals surface area contributed by atoms with Gasteiger partial charge in [-0.15, -0.1) is 0 Å². The quantitative estimate of drug-likeness (QED) is 0.589. The van der Waals surface area contributed by atoms with Gasteiger partial charge in [0.05, 0.1) is 30.7 Å². The number of hydrogen-bond donors (Lipinski definition) is 2. The second kappa shape index (κ2) is 8.41. The molecule has 2 aromatic carbocycles. The molecule has 0 spiro atoms. The Hall–Kier alpha value is -2.57. The Kier molecular flexibility index (Phi) is 5.98. The highest BCUT2D eigenvalue weighted by Gasteiger charge is 2.13. The van der Waals surface area contributed by atoms with Crippen LogP contribution in [0.15, 0.2) is 48.5 Å². The fourth-order valence-corrected chi connectivity index (χ4v) is 3.12. The van der Waals surface area contributed by atoms with Crippen molar-refractivity contribution in [2.75, 3.05) is 17.7 Å². The molecule has 0 aliphatic rings. The minimum atomic E-state index is 0.500. The summed E-state index contributed by atoms with van der Waals surface area (Å²) < 4.78 is 7.19. The van der Waals surface area contributed by atoms with Crippen molar-refractivity contribution in [3.63, 3.8) is 0 Å². The Morgan fingerprint density at radius 2 is 1.89 bits per heavy atom. The summed E-state index contributed by atoms with van der Waals surface area (Å²) in [6.07, 6.45) is 0. The lowest BCUT2D eigenvalue weighted by atomic mass is 10.2. The Morgan fingerprint density at radius 3 is 2.59 bits per heavy atom. The van der Waals surface area contributed by atoms with E-state index in [1.54, 1.807) is 7.11 Å².